The Hall–Kier alpha value is -1.02. The number of aryl methyl sites for hydroxylation is 1. The fraction of sp³-hybridized carbons (Fsp3) is 0.667. The minimum atomic E-state index is 0.283. The highest BCUT2D eigenvalue weighted by atomic mass is 16.5. The smallest absolute Gasteiger partial charge is 0.120 e. The zero-order valence-electron chi connectivity index (χ0n) is 13.4. The van der Waals surface area contributed by atoms with E-state index in [1.54, 1.807) is 0 Å². The maximum Gasteiger partial charge on any atom is 0.120 e. The normalized spacial score (nSPS) is 25.4. The number of hydrogen-bond donors (Lipinski definition) is 1. The highest BCUT2D eigenvalue weighted by molar-refractivity contribution is 5.28. The molecule has 112 valence electrons. The second-order valence-electron chi connectivity index (χ2n) is 6.73. The first-order chi connectivity index (χ1) is 9.54. The molecule has 0 amide bonds. The van der Waals surface area contributed by atoms with Crippen LogP contribution in [0.15, 0.2) is 24.3 Å². The van der Waals surface area contributed by atoms with E-state index in [0.717, 1.165) is 25.1 Å². The predicted molar refractivity (Wildman–Crippen MR) is 85.3 cm³/mol. The summed E-state index contributed by atoms with van der Waals surface area (Å²) in [4.78, 5) is 0. The van der Waals surface area contributed by atoms with Crippen LogP contribution >= 0.6 is 0 Å². The van der Waals surface area contributed by atoms with Gasteiger partial charge in [0.1, 0.15) is 11.9 Å². The molecule has 1 aliphatic carbocycles. The molecule has 0 radical (unpaired) electrons. The van der Waals surface area contributed by atoms with Crippen LogP contribution in [-0.4, -0.2) is 18.7 Å². The van der Waals surface area contributed by atoms with Crippen molar-refractivity contribution >= 4 is 0 Å². The van der Waals surface area contributed by atoms with Crippen LogP contribution in [-0.2, 0) is 6.42 Å². The summed E-state index contributed by atoms with van der Waals surface area (Å²) in [6.45, 7) is 10.1. The van der Waals surface area contributed by atoms with E-state index in [-0.39, 0.29) is 6.10 Å². The third-order valence-electron chi connectivity index (χ3n) is 4.40. The summed E-state index contributed by atoms with van der Waals surface area (Å²) < 4.78 is 6.34. The molecule has 2 unspecified atom stereocenters. The van der Waals surface area contributed by atoms with Gasteiger partial charge in [-0.3, -0.25) is 0 Å². The molecule has 0 saturated heterocycles. The molecule has 0 heterocycles. The van der Waals surface area contributed by atoms with E-state index >= 15 is 0 Å². The van der Waals surface area contributed by atoms with E-state index in [9.17, 15) is 0 Å². The van der Waals surface area contributed by atoms with Crippen molar-refractivity contribution in [2.75, 3.05) is 6.54 Å². The molecule has 2 atom stereocenters. The van der Waals surface area contributed by atoms with Gasteiger partial charge in [0.25, 0.3) is 0 Å². The number of nitrogens with one attached hydrogen (secondary N) is 1. The Balaban J connectivity index is 2.09. The van der Waals surface area contributed by atoms with Gasteiger partial charge >= 0.3 is 0 Å². The van der Waals surface area contributed by atoms with Crippen molar-refractivity contribution in [1.29, 1.82) is 0 Å². The highest BCUT2D eigenvalue weighted by Crippen LogP contribution is 2.37. The first-order valence-corrected chi connectivity index (χ1v) is 8.03. The van der Waals surface area contributed by atoms with Crippen molar-refractivity contribution in [1.82, 2.24) is 5.32 Å². The van der Waals surface area contributed by atoms with Gasteiger partial charge in [0.15, 0.2) is 0 Å². The van der Waals surface area contributed by atoms with Gasteiger partial charge in [-0.25, -0.2) is 0 Å². The lowest BCUT2D eigenvalue weighted by Gasteiger charge is -2.41. The summed E-state index contributed by atoms with van der Waals surface area (Å²) in [6, 6.07) is 9.02. The standard InChI is InChI=1S/C18H29NO/c1-5-14-8-7-9-15(12-14)20-17-13-18(3,4)11-10-16(17)19-6-2/h7-9,12,16-17,19H,5-6,10-11,13H2,1-4H3. The van der Waals surface area contributed by atoms with Crippen LogP contribution in [0.25, 0.3) is 0 Å². The zero-order chi connectivity index (χ0) is 14.6. The molecule has 1 aromatic carbocycles. The Bertz CT molecular complexity index is 427. The number of benzene rings is 1. The van der Waals surface area contributed by atoms with Crippen molar-refractivity contribution < 1.29 is 4.74 Å². The first-order valence-electron chi connectivity index (χ1n) is 8.03. The van der Waals surface area contributed by atoms with Gasteiger partial charge in [-0.2, -0.15) is 0 Å². The van der Waals surface area contributed by atoms with Gasteiger partial charge < -0.3 is 10.1 Å². The lowest BCUT2D eigenvalue weighted by atomic mass is 9.74. The van der Waals surface area contributed by atoms with Crippen molar-refractivity contribution in [3.05, 3.63) is 29.8 Å². The van der Waals surface area contributed by atoms with Gasteiger partial charge in [-0.05, 0) is 55.3 Å². The lowest BCUT2D eigenvalue weighted by Crippen LogP contribution is -2.49. The third kappa shape index (κ3) is 3.99. The summed E-state index contributed by atoms with van der Waals surface area (Å²) in [6.07, 6.45) is 4.95. The summed E-state index contributed by atoms with van der Waals surface area (Å²) >= 11 is 0. The summed E-state index contributed by atoms with van der Waals surface area (Å²) in [5.41, 5.74) is 1.73. The molecule has 1 aliphatic rings. The average molecular weight is 275 g/mol. The van der Waals surface area contributed by atoms with Crippen molar-refractivity contribution in [2.45, 2.75) is 65.5 Å². The van der Waals surface area contributed by atoms with Gasteiger partial charge in [-0.15, -0.1) is 0 Å². The molecule has 0 spiro atoms. The monoisotopic (exact) mass is 275 g/mol. The van der Waals surface area contributed by atoms with E-state index < -0.39 is 0 Å². The van der Waals surface area contributed by atoms with E-state index in [0.29, 0.717) is 11.5 Å². The predicted octanol–water partition coefficient (Wildman–Crippen LogP) is 4.18. The molecule has 0 aromatic heterocycles. The Morgan fingerprint density at radius 1 is 1.30 bits per heavy atom. The van der Waals surface area contributed by atoms with Gasteiger partial charge in [0.05, 0.1) is 0 Å². The Kier molecular flexibility index (Phi) is 5.09. The van der Waals surface area contributed by atoms with Crippen LogP contribution in [0.3, 0.4) is 0 Å². The van der Waals surface area contributed by atoms with Crippen LogP contribution in [0.4, 0.5) is 0 Å². The summed E-state index contributed by atoms with van der Waals surface area (Å²) in [5, 5.41) is 3.60. The minimum Gasteiger partial charge on any atom is -0.489 e. The Morgan fingerprint density at radius 3 is 2.80 bits per heavy atom. The molecule has 1 fully saturated rings. The molecule has 1 N–H and O–H groups in total. The van der Waals surface area contributed by atoms with Gasteiger partial charge in [-0.1, -0.05) is 39.8 Å². The molecular weight excluding hydrogens is 246 g/mol. The van der Waals surface area contributed by atoms with E-state index in [1.807, 2.05) is 0 Å². The molecule has 1 saturated carbocycles. The second kappa shape index (κ2) is 6.62. The topological polar surface area (TPSA) is 21.3 Å². The SMILES string of the molecule is CCNC1CCC(C)(C)CC1Oc1cccc(CC)c1. The van der Waals surface area contributed by atoms with Crippen LogP contribution in [0, 0.1) is 5.41 Å². The minimum absolute atomic E-state index is 0.283. The third-order valence-corrected chi connectivity index (χ3v) is 4.40. The Labute approximate surface area is 123 Å². The van der Waals surface area contributed by atoms with Crippen LogP contribution in [0.2, 0.25) is 0 Å². The molecule has 1 aromatic rings. The van der Waals surface area contributed by atoms with Crippen molar-refractivity contribution in [3.63, 3.8) is 0 Å². The number of likely N-dealkylation sites (N-methyl/N-ethyl adjacent to an activating group) is 1. The highest BCUT2D eigenvalue weighted by Gasteiger charge is 2.35. The van der Waals surface area contributed by atoms with Crippen molar-refractivity contribution in [3.8, 4) is 5.75 Å². The number of rotatable bonds is 5. The molecule has 2 heteroatoms. The average Bonchev–Trinajstić information content (AvgIpc) is 2.42. The summed E-state index contributed by atoms with van der Waals surface area (Å²) in [7, 11) is 0. The van der Waals surface area contributed by atoms with Crippen LogP contribution in [0.1, 0.15) is 52.5 Å². The van der Waals surface area contributed by atoms with Gasteiger partial charge in [0.2, 0.25) is 0 Å². The number of hydrogen-bond acceptors (Lipinski definition) is 2. The molecular formula is C18H29NO. The first kappa shape index (κ1) is 15.4. The van der Waals surface area contributed by atoms with E-state index in [4.69, 9.17) is 4.74 Å². The molecule has 2 nitrogen and oxygen atoms in total. The molecule has 0 bridgehead atoms. The molecule has 20 heavy (non-hydrogen) atoms. The maximum absolute atomic E-state index is 6.34. The molecule has 2 rings (SSSR count). The quantitative estimate of drug-likeness (QED) is 0.870. The lowest BCUT2D eigenvalue weighted by molar-refractivity contribution is 0.0536. The second-order valence-corrected chi connectivity index (χ2v) is 6.73. The largest absolute Gasteiger partial charge is 0.489 e. The van der Waals surface area contributed by atoms with Crippen molar-refractivity contribution in [2.24, 2.45) is 5.41 Å². The summed E-state index contributed by atoms with van der Waals surface area (Å²) in [5.74, 6) is 1.02. The van der Waals surface area contributed by atoms with Crippen LogP contribution in [0.5, 0.6) is 5.75 Å². The Morgan fingerprint density at radius 2 is 2.10 bits per heavy atom. The zero-order valence-corrected chi connectivity index (χ0v) is 13.4. The maximum atomic E-state index is 6.34. The fourth-order valence-corrected chi connectivity index (χ4v) is 3.15. The molecule has 0 aliphatic heterocycles. The van der Waals surface area contributed by atoms with Crippen LogP contribution < -0.4 is 10.1 Å². The van der Waals surface area contributed by atoms with Gasteiger partial charge in [0, 0.05) is 6.04 Å². The fourth-order valence-electron chi connectivity index (χ4n) is 3.15. The van der Waals surface area contributed by atoms with E-state index in [1.165, 1.54) is 18.4 Å². The van der Waals surface area contributed by atoms with E-state index in [2.05, 4.69) is 57.3 Å². The number of ether oxygens (including phenoxy) is 1.